The van der Waals surface area contributed by atoms with Crippen LogP contribution in [-0.4, -0.2) is 20.9 Å². The van der Waals surface area contributed by atoms with Crippen molar-refractivity contribution < 1.29 is 9.59 Å². The molecule has 0 fully saturated rings. The van der Waals surface area contributed by atoms with Crippen LogP contribution in [0.2, 0.25) is 10.0 Å². The molecule has 0 spiro atoms. The van der Waals surface area contributed by atoms with E-state index < -0.39 is 23.1 Å². The van der Waals surface area contributed by atoms with Crippen molar-refractivity contribution in [3.8, 4) is 0 Å². The minimum atomic E-state index is -0.696. The molecular formula is C16H12Cl2N4O4. The molecule has 0 atom stereocenters. The predicted octanol–water partition coefficient (Wildman–Crippen LogP) is -0.270. The highest BCUT2D eigenvalue weighted by Crippen LogP contribution is 2.25. The zero-order valence-electron chi connectivity index (χ0n) is 13.7. The van der Waals surface area contributed by atoms with Crippen LogP contribution in [-0.2, 0) is 23.7 Å². The van der Waals surface area contributed by atoms with E-state index >= 15 is 0 Å². The fourth-order valence-electron chi connectivity index (χ4n) is 2.60. The van der Waals surface area contributed by atoms with E-state index in [0.717, 1.165) is 9.13 Å². The molecule has 1 aromatic carbocycles. The van der Waals surface area contributed by atoms with Crippen molar-refractivity contribution in [2.45, 2.75) is 6.42 Å². The molecule has 1 aromatic heterocycles. The molecule has 0 aliphatic carbocycles. The van der Waals surface area contributed by atoms with Gasteiger partial charge in [0.05, 0.1) is 21.7 Å². The van der Waals surface area contributed by atoms with Gasteiger partial charge in [-0.1, -0.05) is 23.2 Å². The molecule has 0 unspecified atom stereocenters. The summed E-state index contributed by atoms with van der Waals surface area (Å²) in [6.45, 7) is 0. The molecule has 0 saturated heterocycles. The van der Waals surface area contributed by atoms with Gasteiger partial charge in [-0.3, -0.25) is 23.5 Å². The fourth-order valence-corrected chi connectivity index (χ4v) is 2.90. The first-order chi connectivity index (χ1) is 12.2. The molecular weight excluding hydrogens is 383 g/mol. The van der Waals surface area contributed by atoms with Gasteiger partial charge in [0, 0.05) is 25.4 Å². The standard InChI is InChI=1S/C16H12Cl2N4O4/c1-21-13-12(15(25)22(2)16(21)26)8(6-11(23)20-13)14(24)19-7-3-4-9(17)10(18)5-7/h3-5H,6H2,1-2H3,(H,19,24). The Kier molecular flexibility index (Phi) is 4.55. The van der Waals surface area contributed by atoms with Crippen LogP contribution < -0.4 is 27.3 Å². The zero-order valence-corrected chi connectivity index (χ0v) is 15.2. The normalized spacial score (nSPS) is 13.2. The molecule has 3 rings (SSSR count). The number of rotatable bonds is 2. The maximum absolute atomic E-state index is 12.7. The summed E-state index contributed by atoms with van der Waals surface area (Å²) in [4.78, 5) is 52.9. The lowest BCUT2D eigenvalue weighted by Gasteiger charge is -2.13. The maximum atomic E-state index is 12.7. The Balaban J connectivity index is 2.23. The number of amides is 2. The largest absolute Gasteiger partial charge is 0.332 e. The van der Waals surface area contributed by atoms with Crippen molar-refractivity contribution in [1.29, 1.82) is 0 Å². The summed E-state index contributed by atoms with van der Waals surface area (Å²) < 4.78 is 1.91. The summed E-state index contributed by atoms with van der Waals surface area (Å²) in [7, 11) is 2.66. The molecule has 2 heterocycles. The number of hydrogen-bond donors (Lipinski definition) is 1. The molecule has 8 nitrogen and oxygen atoms in total. The minimum Gasteiger partial charge on any atom is -0.322 e. The van der Waals surface area contributed by atoms with Gasteiger partial charge in [-0.25, -0.2) is 4.79 Å². The van der Waals surface area contributed by atoms with Crippen LogP contribution in [0.4, 0.5) is 5.69 Å². The van der Waals surface area contributed by atoms with Crippen LogP contribution in [0.5, 0.6) is 0 Å². The van der Waals surface area contributed by atoms with Gasteiger partial charge in [0.2, 0.25) is 0 Å². The highest BCUT2D eigenvalue weighted by Gasteiger charge is 2.23. The summed E-state index contributed by atoms with van der Waals surface area (Å²) in [5.41, 5.74) is -1.19. The number of nitrogens with zero attached hydrogens (tertiary/aromatic N) is 3. The van der Waals surface area contributed by atoms with E-state index in [9.17, 15) is 19.2 Å². The Labute approximate surface area is 156 Å². The summed E-state index contributed by atoms with van der Waals surface area (Å²) >= 11 is 11.8. The molecule has 0 saturated carbocycles. The number of anilines is 1. The average molecular weight is 395 g/mol. The van der Waals surface area contributed by atoms with Crippen LogP contribution in [0, 0.1) is 0 Å². The fraction of sp³-hybridized carbons (Fsp3) is 0.188. The third-order valence-electron chi connectivity index (χ3n) is 3.95. The lowest BCUT2D eigenvalue weighted by atomic mass is 10.1. The third kappa shape index (κ3) is 2.97. The Morgan fingerprint density at radius 2 is 1.81 bits per heavy atom. The molecule has 134 valence electrons. The van der Waals surface area contributed by atoms with E-state index in [1.807, 2.05) is 0 Å². The molecule has 0 radical (unpaired) electrons. The van der Waals surface area contributed by atoms with Crippen LogP contribution in [0.15, 0.2) is 32.8 Å². The number of nitrogens with one attached hydrogen (secondary N) is 1. The summed E-state index contributed by atoms with van der Waals surface area (Å²) in [6, 6.07) is 4.47. The van der Waals surface area contributed by atoms with Crippen molar-refractivity contribution in [3.63, 3.8) is 0 Å². The van der Waals surface area contributed by atoms with Gasteiger partial charge in [0.25, 0.3) is 17.4 Å². The first kappa shape index (κ1) is 18.1. The molecule has 2 amide bonds. The number of benzene rings is 1. The van der Waals surface area contributed by atoms with E-state index in [-0.39, 0.29) is 27.7 Å². The second kappa shape index (κ2) is 6.54. The molecule has 26 heavy (non-hydrogen) atoms. The van der Waals surface area contributed by atoms with Gasteiger partial charge in [0.1, 0.15) is 0 Å². The summed E-state index contributed by atoms with van der Waals surface area (Å²) in [5.74, 6) is -1.29. The van der Waals surface area contributed by atoms with Crippen LogP contribution >= 0.6 is 23.2 Å². The second-order valence-electron chi connectivity index (χ2n) is 5.65. The smallest absolute Gasteiger partial charge is 0.322 e. The average Bonchev–Trinajstić information content (AvgIpc) is 2.60. The van der Waals surface area contributed by atoms with Crippen molar-refractivity contribution >= 4 is 46.3 Å². The van der Waals surface area contributed by atoms with Gasteiger partial charge in [-0.15, -0.1) is 0 Å². The number of halogens is 2. The third-order valence-corrected chi connectivity index (χ3v) is 4.68. The van der Waals surface area contributed by atoms with E-state index in [4.69, 9.17) is 23.2 Å². The van der Waals surface area contributed by atoms with Crippen molar-refractivity contribution in [3.05, 3.63) is 59.8 Å². The van der Waals surface area contributed by atoms with Gasteiger partial charge < -0.3 is 5.32 Å². The zero-order chi connectivity index (χ0) is 19.2. The molecule has 10 heteroatoms. The lowest BCUT2D eigenvalue weighted by molar-refractivity contribution is -0.118. The van der Waals surface area contributed by atoms with Crippen molar-refractivity contribution in [2.24, 2.45) is 19.1 Å². The summed E-state index contributed by atoms with van der Waals surface area (Å²) in [6.07, 6.45) is -0.354. The molecule has 0 bridgehead atoms. The number of aromatic nitrogens is 2. The minimum absolute atomic E-state index is 0.0673. The number of carbonyl (C=O) groups is 2. The molecule has 1 aliphatic heterocycles. The van der Waals surface area contributed by atoms with Crippen molar-refractivity contribution in [1.82, 2.24) is 9.13 Å². The van der Waals surface area contributed by atoms with E-state index in [0.29, 0.717) is 10.7 Å². The Morgan fingerprint density at radius 1 is 1.12 bits per heavy atom. The first-order valence-corrected chi connectivity index (χ1v) is 8.13. The first-order valence-electron chi connectivity index (χ1n) is 7.38. The van der Waals surface area contributed by atoms with Crippen molar-refractivity contribution in [2.75, 3.05) is 5.32 Å². The molecule has 1 aliphatic rings. The van der Waals surface area contributed by atoms with E-state index in [2.05, 4.69) is 10.3 Å². The van der Waals surface area contributed by atoms with E-state index in [1.54, 1.807) is 0 Å². The van der Waals surface area contributed by atoms with Gasteiger partial charge in [-0.2, -0.15) is 4.99 Å². The van der Waals surface area contributed by atoms with Crippen LogP contribution in [0.3, 0.4) is 0 Å². The van der Waals surface area contributed by atoms with Gasteiger partial charge >= 0.3 is 5.69 Å². The Bertz CT molecular complexity index is 1210. The molecule has 1 N–H and O–H groups in total. The number of hydrogen-bond acceptors (Lipinski definition) is 4. The Hall–Kier alpha value is -2.71. The monoisotopic (exact) mass is 394 g/mol. The quantitative estimate of drug-likeness (QED) is 0.756. The predicted molar refractivity (Wildman–Crippen MR) is 95.8 cm³/mol. The van der Waals surface area contributed by atoms with Crippen LogP contribution in [0.1, 0.15) is 6.42 Å². The number of carbonyl (C=O) groups excluding carboxylic acids is 2. The lowest BCUT2D eigenvalue weighted by Crippen LogP contribution is -2.59. The molecule has 2 aromatic rings. The highest BCUT2D eigenvalue weighted by molar-refractivity contribution is 6.42. The van der Waals surface area contributed by atoms with Crippen LogP contribution in [0.25, 0.3) is 5.57 Å². The van der Waals surface area contributed by atoms with E-state index in [1.165, 1.54) is 32.3 Å². The van der Waals surface area contributed by atoms with Gasteiger partial charge in [-0.05, 0) is 18.2 Å². The Morgan fingerprint density at radius 3 is 2.46 bits per heavy atom. The summed E-state index contributed by atoms with van der Waals surface area (Å²) in [5, 5.41) is 3.05. The van der Waals surface area contributed by atoms with Gasteiger partial charge in [0.15, 0.2) is 5.49 Å². The maximum Gasteiger partial charge on any atom is 0.332 e. The topological polar surface area (TPSA) is 103 Å². The SMILES string of the molecule is Cn1c(=O)c2c(n(C)c1=O)=NC(=O)CC=2C(=O)Nc1ccc(Cl)c(Cl)c1. The second-order valence-corrected chi connectivity index (χ2v) is 6.46. The highest BCUT2D eigenvalue weighted by atomic mass is 35.5. The number of fused-ring (bicyclic) bond motifs is 1.